The van der Waals surface area contributed by atoms with Gasteiger partial charge in [0, 0.05) is 6.42 Å². The standard InChI is InChI=1S/C13H14O6/c14-9(6-7-10(15)16)11(12(17)13(18)19)8-4-2-1-3-5-8/h1-5,11-12,17H,6-7H2,(H,15,16)(H,18,19)/t11-,12-/m1/s1. The number of aliphatic hydroxyl groups is 1. The summed E-state index contributed by atoms with van der Waals surface area (Å²) in [5, 5.41) is 27.0. The molecule has 3 N–H and O–H groups in total. The molecular weight excluding hydrogens is 252 g/mol. The van der Waals surface area contributed by atoms with Gasteiger partial charge in [-0.05, 0) is 5.56 Å². The van der Waals surface area contributed by atoms with E-state index in [0.29, 0.717) is 5.56 Å². The number of Topliss-reactive ketones (excluding diaryl/α,β-unsaturated/α-hetero) is 1. The van der Waals surface area contributed by atoms with Gasteiger partial charge in [0.2, 0.25) is 0 Å². The van der Waals surface area contributed by atoms with Crippen LogP contribution < -0.4 is 0 Å². The van der Waals surface area contributed by atoms with Crippen molar-refractivity contribution in [3.05, 3.63) is 35.9 Å². The van der Waals surface area contributed by atoms with Gasteiger partial charge in [-0.1, -0.05) is 30.3 Å². The summed E-state index contributed by atoms with van der Waals surface area (Å²) in [6.45, 7) is 0. The zero-order valence-electron chi connectivity index (χ0n) is 10.0. The van der Waals surface area contributed by atoms with Crippen LogP contribution in [-0.4, -0.2) is 39.1 Å². The number of carboxylic acid groups (broad SMARTS) is 2. The van der Waals surface area contributed by atoms with Gasteiger partial charge in [0.25, 0.3) is 0 Å². The summed E-state index contributed by atoms with van der Waals surface area (Å²) in [5.41, 5.74) is 0.354. The molecule has 102 valence electrons. The maximum atomic E-state index is 11.9. The van der Waals surface area contributed by atoms with Crippen LogP contribution in [0.5, 0.6) is 0 Å². The molecule has 19 heavy (non-hydrogen) atoms. The van der Waals surface area contributed by atoms with Crippen molar-refractivity contribution in [3.63, 3.8) is 0 Å². The van der Waals surface area contributed by atoms with Crippen molar-refractivity contribution in [1.29, 1.82) is 0 Å². The van der Waals surface area contributed by atoms with Crippen LogP contribution in [0, 0.1) is 0 Å². The Balaban J connectivity index is 2.96. The number of hydrogen-bond acceptors (Lipinski definition) is 4. The average molecular weight is 266 g/mol. The van der Waals surface area contributed by atoms with E-state index >= 15 is 0 Å². The summed E-state index contributed by atoms with van der Waals surface area (Å²) in [6, 6.07) is 7.96. The monoisotopic (exact) mass is 266 g/mol. The van der Waals surface area contributed by atoms with Gasteiger partial charge in [-0.3, -0.25) is 9.59 Å². The lowest BCUT2D eigenvalue weighted by molar-refractivity contribution is -0.150. The zero-order valence-corrected chi connectivity index (χ0v) is 10.0. The predicted octanol–water partition coefficient (Wildman–Crippen LogP) is 0.650. The van der Waals surface area contributed by atoms with Crippen molar-refractivity contribution in [3.8, 4) is 0 Å². The molecule has 0 saturated carbocycles. The minimum absolute atomic E-state index is 0.320. The molecule has 0 saturated heterocycles. The van der Waals surface area contributed by atoms with Crippen LogP contribution in [0.4, 0.5) is 0 Å². The molecule has 1 rings (SSSR count). The smallest absolute Gasteiger partial charge is 0.333 e. The third-order valence-corrected chi connectivity index (χ3v) is 2.66. The Morgan fingerprint density at radius 1 is 1.00 bits per heavy atom. The molecule has 6 nitrogen and oxygen atoms in total. The molecule has 0 spiro atoms. The van der Waals surface area contributed by atoms with E-state index in [1.807, 2.05) is 0 Å². The fourth-order valence-electron chi connectivity index (χ4n) is 1.73. The van der Waals surface area contributed by atoms with Gasteiger partial charge in [-0.15, -0.1) is 0 Å². The van der Waals surface area contributed by atoms with Crippen molar-refractivity contribution in [2.24, 2.45) is 0 Å². The summed E-state index contributed by atoms with van der Waals surface area (Å²) >= 11 is 0. The first kappa shape index (κ1) is 14.8. The fourth-order valence-corrected chi connectivity index (χ4v) is 1.73. The first-order chi connectivity index (χ1) is 8.93. The minimum Gasteiger partial charge on any atom is -0.481 e. The van der Waals surface area contributed by atoms with Gasteiger partial charge in [-0.25, -0.2) is 4.79 Å². The second-order valence-electron chi connectivity index (χ2n) is 4.03. The van der Waals surface area contributed by atoms with Gasteiger partial charge in [0.05, 0.1) is 12.3 Å². The van der Waals surface area contributed by atoms with Crippen LogP contribution in [-0.2, 0) is 14.4 Å². The van der Waals surface area contributed by atoms with E-state index in [9.17, 15) is 19.5 Å². The van der Waals surface area contributed by atoms with Crippen LogP contribution in [0.2, 0.25) is 0 Å². The highest BCUT2D eigenvalue weighted by Gasteiger charge is 2.33. The number of hydrogen-bond donors (Lipinski definition) is 3. The summed E-state index contributed by atoms with van der Waals surface area (Å²) in [5.74, 6) is -4.52. The van der Waals surface area contributed by atoms with Crippen LogP contribution in [0.25, 0.3) is 0 Å². The molecule has 0 radical (unpaired) electrons. The number of ketones is 1. The van der Waals surface area contributed by atoms with E-state index in [-0.39, 0.29) is 6.42 Å². The number of rotatable bonds is 7. The molecule has 2 atom stereocenters. The second kappa shape index (κ2) is 6.65. The molecule has 0 fully saturated rings. The molecule has 0 unspecified atom stereocenters. The van der Waals surface area contributed by atoms with E-state index < -0.39 is 36.2 Å². The maximum Gasteiger partial charge on any atom is 0.333 e. The molecule has 1 aromatic carbocycles. The summed E-state index contributed by atoms with van der Waals surface area (Å²) in [6.07, 6.45) is -2.60. The van der Waals surface area contributed by atoms with Crippen molar-refractivity contribution in [2.75, 3.05) is 0 Å². The number of aliphatic carboxylic acids is 2. The number of carboxylic acids is 2. The molecule has 6 heteroatoms. The molecule has 0 bridgehead atoms. The Kier molecular flexibility index (Phi) is 5.20. The number of carbonyl (C=O) groups excluding carboxylic acids is 1. The van der Waals surface area contributed by atoms with E-state index in [2.05, 4.69) is 0 Å². The first-order valence-electron chi connectivity index (χ1n) is 5.63. The molecular formula is C13H14O6. The van der Waals surface area contributed by atoms with Crippen LogP contribution >= 0.6 is 0 Å². The first-order valence-corrected chi connectivity index (χ1v) is 5.63. The zero-order chi connectivity index (χ0) is 14.4. The molecule has 0 aliphatic rings. The normalized spacial score (nSPS) is 13.5. The lowest BCUT2D eigenvalue weighted by atomic mass is 9.87. The van der Waals surface area contributed by atoms with E-state index in [1.54, 1.807) is 18.2 Å². The van der Waals surface area contributed by atoms with E-state index in [1.165, 1.54) is 12.1 Å². The van der Waals surface area contributed by atoms with Gasteiger partial charge < -0.3 is 15.3 Å². The van der Waals surface area contributed by atoms with Crippen LogP contribution in [0.15, 0.2) is 30.3 Å². The number of aliphatic hydroxyl groups excluding tert-OH is 1. The van der Waals surface area contributed by atoms with E-state index in [0.717, 1.165) is 0 Å². The van der Waals surface area contributed by atoms with Crippen LogP contribution in [0.3, 0.4) is 0 Å². The highest BCUT2D eigenvalue weighted by molar-refractivity contribution is 5.93. The Morgan fingerprint density at radius 2 is 1.58 bits per heavy atom. The van der Waals surface area contributed by atoms with Crippen molar-refractivity contribution in [1.82, 2.24) is 0 Å². The third kappa shape index (κ3) is 4.18. The van der Waals surface area contributed by atoms with Gasteiger partial charge in [0.1, 0.15) is 5.78 Å². The fraction of sp³-hybridized carbons (Fsp3) is 0.308. The largest absolute Gasteiger partial charge is 0.481 e. The topological polar surface area (TPSA) is 112 Å². The quantitative estimate of drug-likeness (QED) is 0.668. The molecule has 1 aromatic rings. The Morgan fingerprint density at radius 3 is 2.05 bits per heavy atom. The van der Waals surface area contributed by atoms with Crippen molar-refractivity contribution < 1.29 is 29.7 Å². The SMILES string of the molecule is O=C(O)CCC(=O)[C@@H](c1ccccc1)[C@@H](O)C(=O)O. The maximum absolute atomic E-state index is 11.9. The van der Waals surface area contributed by atoms with Gasteiger partial charge in [0.15, 0.2) is 6.10 Å². The number of carbonyl (C=O) groups is 3. The molecule has 0 aliphatic carbocycles. The van der Waals surface area contributed by atoms with Crippen LogP contribution in [0.1, 0.15) is 24.3 Å². The minimum atomic E-state index is -1.89. The molecule has 0 amide bonds. The lowest BCUT2D eigenvalue weighted by Crippen LogP contribution is -2.33. The second-order valence-corrected chi connectivity index (χ2v) is 4.03. The molecule has 0 heterocycles. The Labute approximate surface area is 109 Å². The third-order valence-electron chi connectivity index (χ3n) is 2.66. The van der Waals surface area contributed by atoms with Gasteiger partial charge in [-0.2, -0.15) is 0 Å². The average Bonchev–Trinajstić information content (AvgIpc) is 2.37. The van der Waals surface area contributed by atoms with Crippen molar-refractivity contribution >= 4 is 17.7 Å². The summed E-state index contributed by atoms with van der Waals surface area (Å²) < 4.78 is 0. The Hall–Kier alpha value is -2.21. The van der Waals surface area contributed by atoms with Gasteiger partial charge >= 0.3 is 11.9 Å². The van der Waals surface area contributed by atoms with E-state index in [4.69, 9.17) is 10.2 Å². The Bertz CT molecular complexity index is 467. The number of benzene rings is 1. The predicted molar refractivity (Wildman–Crippen MR) is 64.7 cm³/mol. The summed E-state index contributed by atoms with van der Waals surface area (Å²) in [7, 11) is 0. The lowest BCUT2D eigenvalue weighted by Gasteiger charge is -2.18. The van der Waals surface area contributed by atoms with Crippen molar-refractivity contribution in [2.45, 2.75) is 24.9 Å². The molecule has 0 aliphatic heterocycles. The highest BCUT2D eigenvalue weighted by Crippen LogP contribution is 2.23. The summed E-state index contributed by atoms with van der Waals surface area (Å²) in [4.78, 5) is 33.2. The highest BCUT2D eigenvalue weighted by atomic mass is 16.4. The molecule has 0 aromatic heterocycles.